The highest BCUT2D eigenvalue weighted by molar-refractivity contribution is 8.00. The van der Waals surface area contributed by atoms with Crippen LogP contribution in [-0.4, -0.2) is 39.8 Å². The number of nitrogens with two attached hydrogens (primary N) is 1. The van der Waals surface area contributed by atoms with Crippen molar-refractivity contribution in [3.8, 4) is 0 Å². The van der Waals surface area contributed by atoms with Gasteiger partial charge in [-0.2, -0.15) is 11.8 Å². The Kier molecular flexibility index (Phi) is 5.42. The summed E-state index contributed by atoms with van der Waals surface area (Å²) < 4.78 is 0. The third kappa shape index (κ3) is 3.98. The van der Waals surface area contributed by atoms with Crippen molar-refractivity contribution in [3.63, 3.8) is 0 Å². The first-order valence-electron chi connectivity index (χ1n) is 7.29. The van der Waals surface area contributed by atoms with Crippen molar-refractivity contribution in [1.82, 2.24) is 4.90 Å². The fourth-order valence-electron chi connectivity index (χ4n) is 2.54. The van der Waals surface area contributed by atoms with Crippen LogP contribution < -0.4 is 5.73 Å². The second kappa shape index (κ2) is 7.11. The number of rotatable bonds is 5. The van der Waals surface area contributed by atoms with Crippen LogP contribution in [0.4, 0.5) is 5.69 Å². The Bertz CT molecular complexity index is 577. The zero-order valence-corrected chi connectivity index (χ0v) is 13.6. The number of primary amides is 1. The van der Waals surface area contributed by atoms with Gasteiger partial charge in [-0.3, -0.25) is 19.8 Å². The maximum absolute atomic E-state index is 11.2. The Hall–Kier alpha value is -1.60. The van der Waals surface area contributed by atoms with Crippen molar-refractivity contribution < 1.29 is 9.72 Å². The molecule has 2 rings (SSSR count). The molecule has 6 nitrogen and oxygen atoms in total. The molecule has 120 valence electrons. The van der Waals surface area contributed by atoms with Crippen LogP contribution in [0, 0.1) is 16.0 Å². The number of hydrogen-bond donors (Lipinski definition) is 1. The molecule has 0 spiro atoms. The van der Waals surface area contributed by atoms with Crippen LogP contribution in [0.2, 0.25) is 0 Å². The van der Waals surface area contributed by atoms with Crippen LogP contribution in [0.25, 0.3) is 0 Å². The van der Waals surface area contributed by atoms with Crippen LogP contribution in [0.5, 0.6) is 0 Å². The molecule has 1 aromatic carbocycles. The molecule has 1 amide bonds. The summed E-state index contributed by atoms with van der Waals surface area (Å²) in [4.78, 5) is 24.2. The molecule has 1 aliphatic heterocycles. The van der Waals surface area contributed by atoms with E-state index < -0.39 is 10.8 Å². The Balaban J connectivity index is 2.18. The quantitative estimate of drug-likeness (QED) is 0.663. The summed E-state index contributed by atoms with van der Waals surface area (Å²) in [6.45, 7) is 6.77. The maximum Gasteiger partial charge on any atom is 0.274 e. The van der Waals surface area contributed by atoms with E-state index in [-0.39, 0.29) is 11.3 Å². The largest absolute Gasteiger partial charge is 0.366 e. The van der Waals surface area contributed by atoms with Crippen molar-refractivity contribution in [2.75, 3.05) is 18.8 Å². The molecule has 0 saturated carbocycles. The minimum absolute atomic E-state index is 0.0318. The van der Waals surface area contributed by atoms with Crippen LogP contribution in [-0.2, 0) is 6.54 Å². The van der Waals surface area contributed by atoms with Crippen LogP contribution >= 0.6 is 11.8 Å². The molecule has 22 heavy (non-hydrogen) atoms. The van der Waals surface area contributed by atoms with E-state index in [0.29, 0.717) is 23.3 Å². The lowest BCUT2D eigenvalue weighted by molar-refractivity contribution is -0.385. The minimum Gasteiger partial charge on any atom is -0.366 e. The molecule has 1 heterocycles. The highest BCUT2D eigenvalue weighted by Crippen LogP contribution is 2.28. The molecule has 0 aliphatic carbocycles. The highest BCUT2D eigenvalue weighted by atomic mass is 32.2. The Labute approximate surface area is 134 Å². The van der Waals surface area contributed by atoms with Gasteiger partial charge in [0.05, 0.1) is 4.92 Å². The van der Waals surface area contributed by atoms with Crippen molar-refractivity contribution in [1.29, 1.82) is 0 Å². The van der Waals surface area contributed by atoms with Gasteiger partial charge in [-0.1, -0.05) is 19.9 Å². The maximum atomic E-state index is 11.2. The summed E-state index contributed by atoms with van der Waals surface area (Å²) in [6.07, 6.45) is 0. The number of nitro benzene ring substituents is 1. The first-order chi connectivity index (χ1) is 10.4. The lowest BCUT2D eigenvalue weighted by Gasteiger charge is -2.34. The SMILES string of the molecule is CC(C)[C@H]1CN(Cc2ccc(C(N)=O)cc2[N+](=O)[O-])CCS1. The van der Waals surface area contributed by atoms with Crippen molar-refractivity contribution in [2.45, 2.75) is 25.6 Å². The van der Waals surface area contributed by atoms with Crippen LogP contribution in [0.1, 0.15) is 29.8 Å². The van der Waals surface area contributed by atoms with Gasteiger partial charge in [0, 0.05) is 47.8 Å². The summed E-state index contributed by atoms with van der Waals surface area (Å²) in [5, 5.41) is 11.8. The van der Waals surface area contributed by atoms with Crippen molar-refractivity contribution >= 4 is 23.4 Å². The molecule has 0 unspecified atom stereocenters. The molecule has 0 aromatic heterocycles. The van der Waals surface area contributed by atoms with Gasteiger partial charge in [0.2, 0.25) is 5.91 Å². The number of nitrogens with zero attached hydrogens (tertiary/aromatic N) is 2. The van der Waals surface area contributed by atoms with Crippen LogP contribution in [0.3, 0.4) is 0 Å². The lowest BCUT2D eigenvalue weighted by atomic mass is 10.1. The normalized spacial score (nSPS) is 19.3. The van der Waals surface area contributed by atoms with E-state index in [1.165, 1.54) is 6.07 Å². The third-order valence-corrected chi connectivity index (χ3v) is 5.42. The van der Waals surface area contributed by atoms with E-state index in [4.69, 9.17) is 5.73 Å². The van der Waals surface area contributed by atoms with Gasteiger partial charge in [0.15, 0.2) is 0 Å². The molecule has 2 N–H and O–H groups in total. The monoisotopic (exact) mass is 323 g/mol. The molecular formula is C15H21N3O3S. The molecule has 0 radical (unpaired) electrons. The minimum atomic E-state index is -0.649. The second-order valence-corrected chi connectivity index (χ2v) is 7.20. The lowest BCUT2D eigenvalue weighted by Crippen LogP contribution is -2.39. The zero-order chi connectivity index (χ0) is 16.3. The van der Waals surface area contributed by atoms with Gasteiger partial charge in [0.1, 0.15) is 0 Å². The van der Waals surface area contributed by atoms with Gasteiger partial charge in [-0.05, 0) is 12.0 Å². The standard InChI is InChI=1S/C15H21N3O3S/c1-10(2)14-9-17(5-6-22-14)8-12-4-3-11(15(16)19)7-13(12)18(20)21/h3-4,7,10,14H,5-6,8-9H2,1-2H3,(H2,16,19)/t14-/m1/s1. The molecule has 7 heteroatoms. The average Bonchev–Trinajstić information content (AvgIpc) is 2.47. The predicted molar refractivity (Wildman–Crippen MR) is 88.0 cm³/mol. The highest BCUT2D eigenvalue weighted by Gasteiger charge is 2.25. The molecule has 1 atom stereocenters. The number of amides is 1. The third-order valence-electron chi connectivity index (χ3n) is 3.88. The van der Waals surface area contributed by atoms with Gasteiger partial charge < -0.3 is 5.73 Å². The summed E-state index contributed by atoms with van der Waals surface area (Å²) >= 11 is 1.97. The molecule has 1 saturated heterocycles. The first kappa shape index (κ1) is 16.8. The Morgan fingerprint density at radius 1 is 1.55 bits per heavy atom. The number of benzene rings is 1. The average molecular weight is 323 g/mol. The summed E-state index contributed by atoms with van der Waals surface area (Å²) in [6, 6.07) is 4.48. The van der Waals surface area contributed by atoms with E-state index in [1.54, 1.807) is 12.1 Å². The molecule has 0 bridgehead atoms. The van der Waals surface area contributed by atoms with Gasteiger partial charge >= 0.3 is 0 Å². The van der Waals surface area contributed by atoms with E-state index in [2.05, 4.69) is 18.7 Å². The zero-order valence-electron chi connectivity index (χ0n) is 12.8. The van der Waals surface area contributed by atoms with E-state index in [1.807, 2.05) is 11.8 Å². The Morgan fingerprint density at radius 3 is 2.86 bits per heavy atom. The molecule has 1 aliphatic rings. The van der Waals surface area contributed by atoms with Crippen molar-refractivity contribution in [2.24, 2.45) is 11.7 Å². The Morgan fingerprint density at radius 2 is 2.27 bits per heavy atom. The topological polar surface area (TPSA) is 89.5 Å². The molecule has 1 fully saturated rings. The number of carbonyl (C=O) groups excluding carboxylic acids is 1. The molecule has 1 aromatic rings. The van der Waals surface area contributed by atoms with Crippen molar-refractivity contribution in [3.05, 3.63) is 39.4 Å². The number of hydrogen-bond acceptors (Lipinski definition) is 5. The number of carbonyl (C=O) groups is 1. The van der Waals surface area contributed by atoms with E-state index >= 15 is 0 Å². The van der Waals surface area contributed by atoms with Gasteiger partial charge in [-0.15, -0.1) is 0 Å². The van der Waals surface area contributed by atoms with Gasteiger partial charge in [0.25, 0.3) is 5.69 Å². The van der Waals surface area contributed by atoms with E-state index in [0.717, 1.165) is 18.8 Å². The van der Waals surface area contributed by atoms with E-state index in [9.17, 15) is 14.9 Å². The fraction of sp³-hybridized carbons (Fsp3) is 0.533. The smallest absolute Gasteiger partial charge is 0.274 e. The number of nitro groups is 1. The number of thioether (sulfide) groups is 1. The summed E-state index contributed by atoms with van der Waals surface area (Å²) in [5.41, 5.74) is 5.96. The second-order valence-electron chi connectivity index (χ2n) is 5.85. The van der Waals surface area contributed by atoms with Crippen LogP contribution in [0.15, 0.2) is 18.2 Å². The summed E-state index contributed by atoms with van der Waals surface area (Å²) in [7, 11) is 0. The molecular weight excluding hydrogens is 302 g/mol. The predicted octanol–water partition coefficient (Wildman–Crippen LogP) is 2.27. The first-order valence-corrected chi connectivity index (χ1v) is 8.34. The van der Waals surface area contributed by atoms with Gasteiger partial charge in [-0.25, -0.2) is 0 Å². The fourth-order valence-corrected chi connectivity index (χ4v) is 3.91. The summed E-state index contributed by atoms with van der Waals surface area (Å²) in [5.74, 6) is 0.972.